The minimum absolute atomic E-state index is 0.0729. The average Bonchev–Trinajstić information content (AvgIpc) is 2.96. The number of nitrogens with two attached hydrogens (primary N) is 1. The average molecular weight is 302 g/mol. The lowest BCUT2D eigenvalue weighted by Gasteiger charge is -2.20. The molecule has 2 aromatic rings. The van der Waals surface area contributed by atoms with Gasteiger partial charge in [0.05, 0.1) is 6.21 Å². The van der Waals surface area contributed by atoms with Crippen LogP contribution >= 0.6 is 0 Å². The van der Waals surface area contributed by atoms with Gasteiger partial charge in [-0.15, -0.1) is 0 Å². The molecule has 0 atom stereocenters. The van der Waals surface area contributed by atoms with Gasteiger partial charge in [-0.3, -0.25) is 4.79 Å². The fraction of sp³-hybridized carbons (Fsp3) is 0.286. The minimum atomic E-state index is -0.574. The summed E-state index contributed by atoms with van der Waals surface area (Å²) in [5.74, 6) is -0.647. The first-order valence-corrected chi connectivity index (χ1v) is 6.92. The second kappa shape index (κ2) is 7.21. The van der Waals surface area contributed by atoms with Crippen molar-refractivity contribution in [3.8, 4) is 0 Å². The number of hydrogen-bond donors (Lipinski definition) is 2. The van der Waals surface area contributed by atoms with E-state index in [0.29, 0.717) is 0 Å². The van der Waals surface area contributed by atoms with E-state index in [-0.39, 0.29) is 11.5 Å². The Hall–Kier alpha value is -2.90. The molecule has 8 heteroatoms. The second-order valence-electron chi connectivity index (χ2n) is 4.46. The van der Waals surface area contributed by atoms with Crippen LogP contribution in [0.15, 0.2) is 34.0 Å². The number of anilines is 2. The Morgan fingerprint density at radius 1 is 1.32 bits per heavy atom. The van der Waals surface area contributed by atoms with Gasteiger partial charge in [-0.05, 0) is 41.9 Å². The smallest absolute Gasteiger partial charge is 0.297 e. The summed E-state index contributed by atoms with van der Waals surface area (Å²) in [4.78, 5) is 13.9. The summed E-state index contributed by atoms with van der Waals surface area (Å²) < 4.78 is 4.35. The van der Waals surface area contributed by atoms with Gasteiger partial charge in [-0.1, -0.05) is 12.1 Å². The number of aromatic nitrogens is 2. The van der Waals surface area contributed by atoms with E-state index >= 15 is 0 Å². The van der Waals surface area contributed by atoms with Crippen molar-refractivity contribution in [2.24, 2.45) is 5.10 Å². The first-order chi connectivity index (χ1) is 10.7. The molecule has 1 aromatic carbocycles. The Morgan fingerprint density at radius 2 is 2.00 bits per heavy atom. The molecule has 0 aliphatic rings. The molecule has 2 rings (SSSR count). The number of nitrogens with one attached hydrogen (secondary N) is 1. The standard InChI is InChI=1S/C14H18N6O2/c1-3-20(4-2)11-7-5-10(6-8-11)9-16-17-14(21)12-13(15)19-22-18-12/h5-9H,3-4H2,1-2H3,(H2,15,19)(H,17,21)/b16-9-. The highest BCUT2D eigenvalue weighted by Crippen LogP contribution is 2.13. The van der Waals surface area contributed by atoms with Gasteiger partial charge >= 0.3 is 0 Å². The van der Waals surface area contributed by atoms with Crippen LogP contribution in [0.5, 0.6) is 0 Å². The number of amides is 1. The first-order valence-electron chi connectivity index (χ1n) is 6.92. The second-order valence-corrected chi connectivity index (χ2v) is 4.46. The molecule has 0 bridgehead atoms. The van der Waals surface area contributed by atoms with Crippen LogP contribution in [0.25, 0.3) is 0 Å². The lowest BCUT2D eigenvalue weighted by Crippen LogP contribution is -2.21. The molecule has 0 saturated heterocycles. The van der Waals surface area contributed by atoms with Gasteiger partial charge in [0.1, 0.15) is 0 Å². The molecule has 3 N–H and O–H groups in total. The van der Waals surface area contributed by atoms with E-state index in [1.54, 1.807) is 0 Å². The maximum absolute atomic E-state index is 11.7. The summed E-state index contributed by atoms with van der Waals surface area (Å²) in [6.07, 6.45) is 1.54. The predicted molar refractivity (Wildman–Crippen MR) is 83.8 cm³/mol. The third-order valence-electron chi connectivity index (χ3n) is 3.13. The number of carbonyl (C=O) groups excluding carboxylic acids is 1. The third-order valence-corrected chi connectivity index (χ3v) is 3.13. The number of carbonyl (C=O) groups is 1. The van der Waals surface area contributed by atoms with Crippen molar-refractivity contribution in [2.75, 3.05) is 23.7 Å². The highest BCUT2D eigenvalue weighted by molar-refractivity contribution is 5.96. The van der Waals surface area contributed by atoms with Crippen molar-refractivity contribution < 1.29 is 9.42 Å². The number of nitrogen functional groups attached to an aromatic ring is 1. The summed E-state index contributed by atoms with van der Waals surface area (Å²) in [6, 6.07) is 7.87. The van der Waals surface area contributed by atoms with Crippen LogP contribution < -0.4 is 16.1 Å². The Bertz CT molecular complexity index is 646. The summed E-state index contributed by atoms with van der Waals surface area (Å²) in [7, 11) is 0. The predicted octanol–water partition coefficient (Wildman–Crippen LogP) is 1.26. The summed E-state index contributed by atoms with van der Waals surface area (Å²) in [5.41, 5.74) is 9.64. The van der Waals surface area contributed by atoms with E-state index in [2.05, 4.69) is 44.2 Å². The molecule has 0 aliphatic carbocycles. The molecule has 1 amide bonds. The first kappa shape index (κ1) is 15.5. The number of benzene rings is 1. The topological polar surface area (TPSA) is 110 Å². The van der Waals surface area contributed by atoms with Crippen molar-refractivity contribution in [3.05, 3.63) is 35.5 Å². The van der Waals surface area contributed by atoms with Crippen LogP contribution in [0, 0.1) is 0 Å². The van der Waals surface area contributed by atoms with Gasteiger partial charge in [0.2, 0.25) is 11.5 Å². The minimum Gasteiger partial charge on any atom is -0.379 e. The molecule has 8 nitrogen and oxygen atoms in total. The van der Waals surface area contributed by atoms with Gasteiger partial charge in [0.25, 0.3) is 5.91 Å². The highest BCUT2D eigenvalue weighted by Gasteiger charge is 2.14. The molecule has 0 radical (unpaired) electrons. The Kier molecular flexibility index (Phi) is 5.07. The Morgan fingerprint density at radius 3 is 2.55 bits per heavy atom. The molecule has 1 heterocycles. The van der Waals surface area contributed by atoms with Crippen molar-refractivity contribution in [2.45, 2.75) is 13.8 Å². The molecule has 0 fully saturated rings. The fourth-order valence-electron chi connectivity index (χ4n) is 1.93. The van der Waals surface area contributed by atoms with Crippen LogP contribution in [0.2, 0.25) is 0 Å². The van der Waals surface area contributed by atoms with E-state index in [9.17, 15) is 4.79 Å². The van der Waals surface area contributed by atoms with Crippen molar-refractivity contribution in [1.29, 1.82) is 0 Å². The lowest BCUT2D eigenvalue weighted by molar-refractivity contribution is 0.0946. The van der Waals surface area contributed by atoms with Crippen molar-refractivity contribution in [1.82, 2.24) is 15.7 Å². The van der Waals surface area contributed by atoms with E-state index in [4.69, 9.17) is 5.73 Å². The van der Waals surface area contributed by atoms with Gasteiger partial charge < -0.3 is 10.6 Å². The van der Waals surface area contributed by atoms with Crippen LogP contribution in [-0.4, -0.2) is 35.5 Å². The van der Waals surface area contributed by atoms with E-state index in [0.717, 1.165) is 24.3 Å². The number of nitrogens with zero attached hydrogens (tertiary/aromatic N) is 4. The van der Waals surface area contributed by atoms with E-state index in [1.807, 2.05) is 24.3 Å². The van der Waals surface area contributed by atoms with E-state index in [1.165, 1.54) is 6.21 Å². The highest BCUT2D eigenvalue weighted by atomic mass is 16.6. The van der Waals surface area contributed by atoms with Crippen LogP contribution in [0.1, 0.15) is 29.9 Å². The molecular weight excluding hydrogens is 284 g/mol. The molecule has 0 unspecified atom stereocenters. The molecule has 0 saturated carbocycles. The largest absolute Gasteiger partial charge is 0.379 e. The molecule has 0 spiro atoms. The monoisotopic (exact) mass is 302 g/mol. The maximum Gasteiger partial charge on any atom is 0.297 e. The molecule has 0 aliphatic heterocycles. The number of hydrazone groups is 1. The van der Waals surface area contributed by atoms with Gasteiger partial charge in [-0.25, -0.2) is 10.1 Å². The molecule has 22 heavy (non-hydrogen) atoms. The molecule has 1 aromatic heterocycles. The summed E-state index contributed by atoms with van der Waals surface area (Å²) in [6.45, 7) is 6.12. The zero-order chi connectivity index (χ0) is 15.9. The van der Waals surface area contributed by atoms with Crippen molar-refractivity contribution >= 4 is 23.6 Å². The van der Waals surface area contributed by atoms with Gasteiger partial charge in [-0.2, -0.15) is 5.10 Å². The van der Waals surface area contributed by atoms with E-state index < -0.39 is 5.91 Å². The maximum atomic E-state index is 11.7. The summed E-state index contributed by atoms with van der Waals surface area (Å²) >= 11 is 0. The number of rotatable bonds is 6. The van der Waals surface area contributed by atoms with Crippen LogP contribution in [0.3, 0.4) is 0 Å². The van der Waals surface area contributed by atoms with Gasteiger partial charge in [0, 0.05) is 18.8 Å². The lowest BCUT2D eigenvalue weighted by atomic mass is 10.2. The Labute approximate surface area is 127 Å². The quantitative estimate of drug-likeness (QED) is 0.614. The number of hydrogen-bond acceptors (Lipinski definition) is 7. The zero-order valence-corrected chi connectivity index (χ0v) is 12.5. The fourth-order valence-corrected chi connectivity index (χ4v) is 1.93. The third kappa shape index (κ3) is 3.60. The molecular formula is C14H18N6O2. The summed E-state index contributed by atoms with van der Waals surface area (Å²) in [5, 5.41) is 10.6. The zero-order valence-electron chi connectivity index (χ0n) is 12.5. The molecule has 116 valence electrons. The van der Waals surface area contributed by atoms with Crippen molar-refractivity contribution in [3.63, 3.8) is 0 Å². The SMILES string of the molecule is CCN(CC)c1ccc(/C=N\NC(=O)c2nonc2N)cc1. The Balaban J connectivity index is 1.96. The van der Waals surface area contributed by atoms with Gasteiger partial charge in [0.15, 0.2) is 0 Å². The normalized spacial score (nSPS) is 10.8. The van der Waals surface area contributed by atoms with Crippen LogP contribution in [-0.2, 0) is 0 Å². The van der Waals surface area contributed by atoms with Crippen LogP contribution in [0.4, 0.5) is 11.5 Å².